The van der Waals surface area contributed by atoms with E-state index in [1.165, 1.54) is 18.4 Å². The first kappa shape index (κ1) is 15.8. The predicted molar refractivity (Wildman–Crippen MR) is 84.3 cm³/mol. The molecule has 1 aliphatic heterocycles. The van der Waals surface area contributed by atoms with E-state index in [9.17, 15) is 0 Å². The van der Waals surface area contributed by atoms with Crippen LogP contribution in [0, 0.1) is 0 Å². The molecule has 1 heterocycles. The van der Waals surface area contributed by atoms with Gasteiger partial charge in [-0.2, -0.15) is 0 Å². The number of halogens is 1. The first-order valence-corrected chi connectivity index (χ1v) is 7.82. The van der Waals surface area contributed by atoms with Crippen molar-refractivity contribution >= 4 is 11.6 Å². The van der Waals surface area contributed by atoms with Gasteiger partial charge in [-0.05, 0) is 44.5 Å². The Morgan fingerprint density at radius 3 is 3.05 bits per heavy atom. The second kappa shape index (κ2) is 7.99. The molecule has 0 aromatic heterocycles. The SMILES string of the molecule is CC(c1cccc(Cl)c1)N(C)CCNCC1CCCO1. The van der Waals surface area contributed by atoms with E-state index in [4.69, 9.17) is 16.3 Å². The van der Waals surface area contributed by atoms with E-state index in [2.05, 4.69) is 30.3 Å². The van der Waals surface area contributed by atoms with Gasteiger partial charge in [-0.3, -0.25) is 4.90 Å². The van der Waals surface area contributed by atoms with E-state index in [1.54, 1.807) is 0 Å². The van der Waals surface area contributed by atoms with Gasteiger partial charge in [0.15, 0.2) is 0 Å². The zero-order valence-electron chi connectivity index (χ0n) is 12.4. The average molecular weight is 297 g/mol. The molecule has 4 heteroatoms. The molecule has 0 amide bonds. The van der Waals surface area contributed by atoms with Crippen LogP contribution in [0.2, 0.25) is 5.02 Å². The summed E-state index contributed by atoms with van der Waals surface area (Å²) in [5.74, 6) is 0. The summed E-state index contributed by atoms with van der Waals surface area (Å²) in [6.07, 6.45) is 2.82. The zero-order chi connectivity index (χ0) is 14.4. The van der Waals surface area contributed by atoms with Crippen LogP contribution in [-0.2, 0) is 4.74 Å². The molecule has 0 saturated carbocycles. The van der Waals surface area contributed by atoms with Gasteiger partial charge in [0.05, 0.1) is 6.10 Å². The van der Waals surface area contributed by atoms with Crippen LogP contribution in [0.3, 0.4) is 0 Å². The van der Waals surface area contributed by atoms with Gasteiger partial charge in [0.1, 0.15) is 0 Å². The Balaban J connectivity index is 1.69. The van der Waals surface area contributed by atoms with Crippen LogP contribution in [0.1, 0.15) is 31.4 Å². The van der Waals surface area contributed by atoms with E-state index in [0.717, 1.165) is 31.3 Å². The third-order valence-corrected chi connectivity index (χ3v) is 4.26. The lowest BCUT2D eigenvalue weighted by Crippen LogP contribution is -2.34. The van der Waals surface area contributed by atoms with Crippen molar-refractivity contribution in [3.05, 3.63) is 34.9 Å². The van der Waals surface area contributed by atoms with Crippen LogP contribution in [0.5, 0.6) is 0 Å². The maximum atomic E-state index is 6.05. The summed E-state index contributed by atoms with van der Waals surface area (Å²) in [7, 11) is 2.15. The second-order valence-corrected chi connectivity index (χ2v) is 5.99. The maximum Gasteiger partial charge on any atom is 0.0700 e. The molecule has 2 rings (SSSR count). The molecule has 1 saturated heterocycles. The Hall–Kier alpha value is -0.610. The predicted octanol–water partition coefficient (Wildman–Crippen LogP) is 3.10. The molecular formula is C16H25ClN2O. The van der Waals surface area contributed by atoms with Crippen LogP contribution in [0.15, 0.2) is 24.3 Å². The average Bonchev–Trinajstić information content (AvgIpc) is 2.95. The number of likely N-dealkylation sites (N-methyl/N-ethyl adjacent to an activating group) is 1. The Kier molecular flexibility index (Phi) is 6.30. The minimum Gasteiger partial charge on any atom is -0.377 e. The molecule has 20 heavy (non-hydrogen) atoms. The highest BCUT2D eigenvalue weighted by atomic mass is 35.5. The number of benzene rings is 1. The monoisotopic (exact) mass is 296 g/mol. The van der Waals surface area contributed by atoms with Crippen molar-refractivity contribution in [2.45, 2.75) is 31.9 Å². The van der Waals surface area contributed by atoms with Crippen molar-refractivity contribution in [2.24, 2.45) is 0 Å². The van der Waals surface area contributed by atoms with E-state index < -0.39 is 0 Å². The molecule has 0 bridgehead atoms. The van der Waals surface area contributed by atoms with Crippen LogP contribution in [0.4, 0.5) is 0 Å². The number of nitrogens with zero attached hydrogens (tertiary/aromatic N) is 1. The molecule has 1 aromatic rings. The molecule has 1 fully saturated rings. The van der Waals surface area contributed by atoms with E-state index >= 15 is 0 Å². The van der Waals surface area contributed by atoms with Gasteiger partial charge < -0.3 is 10.1 Å². The summed E-state index contributed by atoms with van der Waals surface area (Å²) >= 11 is 6.05. The summed E-state index contributed by atoms with van der Waals surface area (Å²) < 4.78 is 5.60. The number of nitrogens with one attached hydrogen (secondary N) is 1. The lowest BCUT2D eigenvalue weighted by Gasteiger charge is -2.25. The first-order valence-electron chi connectivity index (χ1n) is 7.45. The maximum absolute atomic E-state index is 6.05. The number of hydrogen-bond acceptors (Lipinski definition) is 3. The van der Waals surface area contributed by atoms with Crippen molar-refractivity contribution in [3.8, 4) is 0 Å². The van der Waals surface area contributed by atoms with Crippen molar-refractivity contribution in [1.29, 1.82) is 0 Å². The van der Waals surface area contributed by atoms with Gasteiger partial charge in [-0.1, -0.05) is 23.7 Å². The van der Waals surface area contributed by atoms with Gasteiger partial charge in [0, 0.05) is 37.3 Å². The minimum absolute atomic E-state index is 0.373. The fraction of sp³-hybridized carbons (Fsp3) is 0.625. The highest BCUT2D eigenvalue weighted by Gasteiger charge is 2.15. The molecule has 3 nitrogen and oxygen atoms in total. The summed E-state index contributed by atoms with van der Waals surface area (Å²) in [6.45, 7) is 6.12. The van der Waals surface area contributed by atoms with E-state index in [-0.39, 0.29) is 0 Å². The second-order valence-electron chi connectivity index (χ2n) is 5.55. The molecule has 1 aliphatic rings. The first-order chi connectivity index (χ1) is 9.66. The highest BCUT2D eigenvalue weighted by molar-refractivity contribution is 6.30. The fourth-order valence-corrected chi connectivity index (χ4v) is 2.74. The standard InChI is InChI=1S/C16H25ClN2O/c1-13(14-5-3-6-15(17)11-14)19(2)9-8-18-12-16-7-4-10-20-16/h3,5-6,11,13,16,18H,4,7-10,12H2,1-2H3. The Morgan fingerprint density at radius 2 is 2.35 bits per heavy atom. The molecular weight excluding hydrogens is 272 g/mol. The summed E-state index contributed by atoms with van der Waals surface area (Å²) in [4.78, 5) is 2.34. The minimum atomic E-state index is 0.373. The number of ether oxygens (including phenoxy) is 1. The van der Waals surface area contributed by atoms with E-state index in [1.807, 2.05) is 18.2 Å². The smallest absolute Gasteiger partial charge is 0.0700 e. The van der Waals surface area contributed by atoms with Crippen molar-refractivity contribution < 1.29 is 4.74 Å². The van der Waals surface area contributed by atoms with Crippen LogP contribution in [0.25, 0.3) is 0 Å². The van der Waals surface area contributed by atoms with Gasteiger partial charge in [0.2, 0.25) is 0 Å². The highest BCUT2D eigenvalue weighted by Crippen LogP contribution is 2.21. The van der Waals surface area contributed by atoms with Crippen molar-refractivity contribution in [3.63, 3.8) is 0 Å². The largest absolute Gasteiger partial charge is 0.377 e. The molecule has 2 atom stereocenters. The molecule has 0 spiro atoms. The molecule has 0 radical (unpaired) electrons. The Bertz CT molecular complexity index is 407. The Morgan fingerprint density at radius 1 is 1.50 bits per heavy atom. The third kappa shape index (κ3) is 4.74. The molecule has 1 aromatic carbocycles. The van der Waals surface area contributed by atoms with Crippen LogP contribution >= 0.6 is 11.6 Å². The molecule has 112 valence electrons. The normalized spacial score (nSPS) is 20.5. The van der Waals surface area contributed by atoms with Gasteiger partial charge in [0.25, 0.3) is 0 Å². The third-order valence-electron chi connectivity index (χ3n) is 4.03. The van der Waals surface area contributed by atoms with Gasteiger partial charge in [-0.25, -0.2) is 0 Å². The summed E-state index contributed by atoms with van der Waals surface area (Å²) in [5, 5.41) is 4.29. The van der Waals surface area contributed by atoms with E-state index in [0.29, 0.717) is 12.1 Å². The van der Waals surface area contributed by atoms with Crippen LogP contribution in [-0.4, -0.2) is 44.3 Å². The molecule has 0 aliphatic carbocycles. The fourth-order valence-electron chi connectivity index (χ4n) is 2.54. The molecule has 2 unspecified atom stereocenters. The van der Waals surface area contributed by atoms with Crippen molar-refractivity contribution in [1.82, 2.24) is 10.2 Å². The lowest BCUT2D eigenvalue weighted by molar-refractivity contribution is 0.109. The zero-order valence-corrected chi connectivity index (χ0v) is 13.2. The quantitative estimate of drug-likeness (QED) is 0.783. The summed E-state index contributed by atoms with van der Waals surface area (Å²) in [6, 6.07) is 8.48. The Labute approximate surface area is 127 Å². The number of rotatable bonds is 7. The van der Waals surface area contributed by atoms with Gasteiger partial charge >= 0.3 is 0 Å². The van der Waals surface area contributed by atoms with Crippen LogP contribution < -0.4 is 5.32 Å². The summed E-state index contributed by atoms with van der Waals surface area (Å²) in [5.41, 5.74) is 1.26. The number of hydrogen-bond donors (Lipinski definition) is 1. The lowest BCUT2D eigenvalue weighted by atomic mass is 10.1. The van der Waals surface area contributed by atoms with Crippen molar-refractivity contribution in [2.75, 3.05) is 33.3 Å². The van der Waals surface area contributed by atoms with Gasteiger partial charge in [-0.15, -0.1) is 0 Å². The topological polar surface area (TPSA) is 24.5 Å². The molecule has 1 N–H and O–H groups in total.